The van der Waals surface area contributed by atoms with Crippen molar-refractivity contribution in [3.63, 3.8) is 0 Å². The highest BCUT2D eigenvalue weighted by molar-refractivity contribution is 5.81. The number of alkyl halides is 3. The molecule has 9 heteroatoms. The van der Waals surface area contributed by atoms with Crippen molar-refractivity contribution in [1.82, 2.24) is 24.3 Å². The van der Waals surface area contributed by atoms with Gasteiger partial charge >= 0.3 is 6.18 Å². The van der Waals surface area contributed by atoms with Crippen molar-refractivity contribution in [1.29, 1.82) is 0 Å². The summed E-state index contributed by atoms with van der Waals surface area (Å²) in [5.41, 5.74) is 0.885. The van der Waals surface area contributed by atoms with Crippen molar-refractivity contribution in [3.05, 3.63) is 54.1 Å². The highest BCUT2D eigenvalue weighted by atomic mass is 19.4. The third-order valence-corrected chi connectivity index (χ3v) is 4.94. The molecule has 1 amide bonds. The van der Waals surface area contributed by atoms with Crippen molar-refractivity contribution < 1.29 is 18.0 Å². The Hall–Kier alpha value is -2.84. The maximum atomic E-state index is 12.7. The molecule has 0 unspecified atom stereocenters. The van der Waals surface area contributed by atoms with Gasteiger partial charge in [0.2, 0.25) is 5.91 Å². The molecule has 142 valence electrons. The van der Waals surface area contributed by atoms with Crippen molar-refractivity contribution in [2.24, 2.45) is 0 Å². The second-order valence-electron chi connectivity index (χ2n) is 6.67. The summed E-state index contributed by atoms with van der Waals surface area (Å²) in [4.78, 5) is 14.4. The normalized spacial score (nSPS) is 16.2. The molecule has 0 radical (unpaired) electrons. The van der Waals surface area contributed by atoms with Gasteiger partial charge in [0.05, 0.1) is 24.2 Å². The fourth-order valence-electron chi connectivity index (χ4n) is 3.47. The van der Waals surface area contributed by atoms with Gasteiger partial charge in [-0.2, -0.15) is 23.4 Å². The highest BCUT2D eigenvalue weighted by Crippen LogP contribution is 2.29. The Morgan fingerprint density at radius 2 is 1.93 bits per heavy atom. The number of amides is 1. The number of aromatic nitrogens is 4. The van der Waals surface area contributed by atoms with Crippen LogP contribution in [0.15, 0.2) is 42.9 Å². The van der Waals surface area contributed by atoms with E-state index >= 15 is 0 Å². The van der Waals surface area contributed by atoms with Gasteiger partial charge < -0.3 is 4.90 Å². The lowest BCUT2D eigenvalue weighted by molar-refractivity contribution is -0.141. The van der Waals surface area contributed by atoms with Gasteiger partial charge in [0.15, 0.2) is 5.69 Å². The van der Waals surface area contributed by atoms with Crippen LogP contribution in [0, 0.1) is 0 Å². The van der Waals surface area contributed by atoms with Gasteiger partial charge in [-0.05, 0) is 31.0 Å². The molecule has 0 aliphatic carbocycles. The molecular weight excluding hydrogens is 359 g/mol. The zero-order valence-electron chi connectivity index (χ0n) is 14.4. The third-order valence-electron chi connectivity index (χ3n) is 4.94. The number of carbonyl (C=O) groups is 1. The van der Waals surface area contributed by atoms with E-state index in [0.717, 1.165) is 17.1 Å². The number of likely N-dealkylation sites (tertiary alicyclic amines) is 1. The number of piperidine rings is 1. The maximum absolute atomic E-state index is 12.7. The molecule has 27 heavy (non-hydrogen) atoms. The van der Waals surface area contributed by atoms with Crippen LogP contribution in [0.4, 0.5) is 13.2 Å². The van der Waals surface area contributed by atoms with Gasteiger partial charge in [-0.25, -0.2) is 4.52 Å². The Kier molecular flexibility index (Phi) is 4.37. The molecule has 3 aromatic heterocycles. The first-order chi connectivity index (χ1) is 12.9. The van der Waals surface area contributed by atoms with Crippen molar-refractivity contribution in [3.8, 4) is 0 Å². The van der Waals surface area contributed by atoms with Crippen LogP contribution >= 0.6 is 0 Å². The number of carbonyl (C=O) groups excluding carboxylic acids is 1. The Morgan fingerprint density at radius 1 is 1.15 bits per heavy atom. The molecule has 4 heterocycles. The quantitative estimate of drug-likeness (QED) is 0.705. The Balaban J connectivity index is 1.37. The number of nitrogens with zero attached hydrogens (tertiary/aromatic N) is 5. The summed E-state index contributed by atoms with van der Waals surface area (Å²) >= 11 is 0. The molecule has 0 atom stereocenters. The van der Waals surface area contributed by atoms with E-state index in [1.165, 1.54) is 10.9 Å². The molecule has 4 rings (SSSR count). The van der Waals surface area contributed by atoms with E-state index in [4.69, 9.17) is 0 Å². The topological polar surface area (TPSA) is 55.4 Å². The Labute approximate surface area is 153 Å². The minimum absolute atomic E-state index is 0.00338. The zero-order valence-corrected chi connectivity index (χ0v) is 14.4. The summed E-state index contributed by atoms with van der Waals surface area (Å²) in [7, 11) is 0. The molecule has 1 aliphatic heterocycles. The molecule has 0 spiro atoms. The molecule has 0 saturated carbocycles. The summed E-state index contributed by atoms with van der Waals surface area (Å²) < 4.78 is 41.2. The average Bonchev–Trinajstić information content (AvgIpc) is 3.30. The molecule has 1 aliphatic rings. The predicted molar refractivity (Wildman–Crippen MR) is 91.0 cm³/mol. The summed E-state index contributed by atoms with van der Waals surface area (Å²) in [5.74, 6) is 0.00338. The molecule has 0 N–H and O–H groups in total. The molecule has 1 fully saturated rings. The minimum atomic E-state index is -4.43. The SMILES string of the molecule is O=C(Cc1cnn2ccccc12)N1CCC(n2ccc(C(F)(F)F)n2)CC1. The summed E-state index contributed by atoms with van der Waals surface area (Å²) in [6.45, 7) is 1.01. The molecular formula is C18H18F3N5O. The first-order valence-corrected chi connectivity index (χ1v) is 8.73. The van der Waals surface area contributed by atoms with Crippen LogP contribution in [0.2, 0.25) is 0 Å². The van der Waals surface area contributed by atoms with Crippen LogP contribution in [0.5, 0.6) is 0 Å². The van der Waals surface area contributed by atoms with Crippen LogP contribution in [0.1, 0.15) is 30.1 Å². The smallest absolute Gasteiger partial charge is 0.342 e. The summed E-state index contributed by atoms with van der Waals surface area (Å²) in [6, 6.07) is 6.55. The maximum Gasteiger partial charge on any atom is 0.435 e. The summed E-state index contributed by atoms with van der Waals surface area (Å²) in [6.07, 6.45) is 1.88. The van der Waals surface area contributed by atoms with Gasteiger partial charge in [-0.1, -0.05) is 6.07 Å². The first-order valence-electron chi connectivity index (χ1n) is 8.73. The van der Waals surface area contributed by atoms with E-state index in [2.05, 4.69) is 10.2 Å². The molecule has 0 aromatic carbocycles. The number of hydrogen-bond donors (Lipinski definition) is 0. The summed E-state index contributed by atoms with van der Waals surface area (Å²) in [5, 5.41) is 7.88. The molecule has 6 nitrogen and oxygen atoms in total. The number of hydrogen-bond acceptors (Lipinski definition) is 3. The monoisotopic (exact) mass is 377 g/mol. The van der Waals surface area contributed by atoms with E-state index in [-0.39, 0.29) is 18.4 Å². The van der Waals surface area contributed by atoms with Gasteiger partial charge in [0.1, 0.15) is 0 Å². The minimum Gasteiger partial charge on any atom is -0.342 e. The van der Waals surface area contributed by atoms with Gasteiger partial charge in [-0.3, -0.25) is 9.48 Å². The van der Waals surface area contributed by atoms with Crippen LogP contribution in [0.25, 0.3) is 5.52 Å². The standard InChI is InChI=1S/C18H18F3N5O/c19-18(20,21)16-6-10-25(23-16)14-4-8-24(9-5-14)17(27)11-13-12-22-26-7-2-1-3-15(13)26/h1-3,6-7,10,12,14H,4-5,8-9,11H2. The van der Waals surface area contributed by atoms with Gasteiger partial charge in [0, 0.05) is 31.0 Å². The third kappa shape index (κ3) is 3.54. The lowest BCUT2D eigenvalue weighted by Gasteiger charge is -2.32. The molecule has 0 bridgehead atoms. The number of halogens is 3. The van der Waals surface area contributed by atoms with E-state index < -0.39 is 11.9 Å². The van der Waals surface area contributed by atoms with Crippen molar-refractivity contribution >= 4 is 11.4 Å². The lowest BCUT2D eigenvalue weighted by atomic mass is 10.0. The van der Waals surface area contributed by atoms with Crippen LogP contribution in [-0.2, 0) is 17.4 Å². The van der Waals surface area contributed by atoms with Gasteiger partial charge in [-0.15, -0.1) is 0 Å². The second-order valence-corrected chi connectivity index (χ2v) is 6.67. The lowest BCUT2D eigenvalue weighted by Crippen LogP contribution is -2.40. The number of pyridine rings is 1. The van der Waals surface area contributed by atoms with Crippen molar-refractivity contribution in [2.45, 2.75) is 31.5 Å². The fourth-order valence-corrected chi connectivity index (χ4v) is 3.47. The average molecular weight is 377 g/mol. The van der Waals surface area contributed by atoms with Crippen LogP contribution in [-0.4, -0.2) is 43.3 Å². The van der Waals surface area contributed by atoms with Crippen molar-refractivity contribution in [2.75, 3.05) is 13.1 Å². The highest BCUT2D eigenvalue weighted by Gasteiger charge is 2.34. The van der Waals surface area contributed by atoms with E-state index in [1.807, 2.05) is 24.4 Å². The van der Waals surface area contributed by atoms with Crippen LogP contribution < -0.4 is 0 Å². The predicted octanol–water partition coefficient (Wildman–Crippen LogP) is 2.96. The zero-order chi connectivity index (χ0) is 19.0. The van der Waals surface area contributed by atoms with Crippen LogP contribution in [0.3, 0.4) is 0 Å². The molecule has 3 aromatic rings. The largest absolute Gasteiger partial charge is 0.435 e. The molecule has 1 saturated heterocycles. The first kappa shape index (κ1) is 17.6. The van der Waals surface area contributed by atoms with E-state index in [0.29, 0.717) is 25.9 Å². The van der Waals surface area contributed by atoms with Gasteiger partial charge in [0.25, 0.3) is 0 Å². The van der Waals surface area contributed by atoms with E-state index in [9.17, 15) is 18.0 Å². The Morgan fingerprint density at radius 3 is 2.63 bits per heavy atom. The number of fused-ring (bicyclic) bond motifs is 1. The number of rotatable bonds is 3. The Bertz CT molecular complexity index is 953. The second kappa shape index (κ2) is 6.71. The fraction of sp³-hybridized carbons (Fsp3) is 0.389. The van der Waals surface area contributed by atoms with E-state index in [1.54, 1.807) is 15.6 Å².